The van der Waals surface area contributed by atoms with Gasteiger partial charge in [0.05, 0.1) is 11.6 Å². The van der Waals surface area contributed by atoms with Crippen LogP contribution in [0.3, 0.4) is 0 Å². The SMILES string of the molecule is COc1ccc(NC(=O)c2cccc(F)c2)cc1Br. The molecule has 0 heterocycles. The summed E-state index contributed by atoms with van der Waals surface area (Å²) in [5.41, 5.74) is 0.869. The first kappa shape index (κ1) is 13.5. The second-order valence-corrected chi connectivity index (χ2v) is 4.67. The van der Waals surface area contributed by atoms with Gasteiger partial charge in [-0.3, -0.25) is 4.79 Å². The van der Waals surface area contributed by atoms with Gasteiger partial charge in [0, 0.05) is 11.3 Å². The maximum atomic E-state index is 13.0. The third-order valence-corrected chi connectivity index (χ3v) is 3.12. The third-order valence-electron chi connectivity index (χ3n) is 2.50. The Hall–Kier alpha value is -1.88. The zero-order valence-corrected chi connectivity index (χ0v) is 11.7. The number of halogens is 2. The molecule has 98 valence electrons. The molecule has 0 aliphatic heterocycles. The Kier molecular flexibility index (Phi) is 4.16. The van der Waals surface area contributed by atoms with Crippen LogP contribution in [0.2, 0.25) is 0 Å². The van der Waals surface area contributed by atoms with Gasteiger partial charge in [-0.05, 0) is 52.3 Å². The second-order valence-electron chi connectivity index (χ2n) is 3.81. The molecular formula is C14H11BrFNO2. The standard InChI is InChI=1S/C14H11BrFNO2/c1-19-13-6-5-11(8-12(13)15)17-14(18)9-3-2-4-10(16)7-9/h2-8H,1H3,(H,17,18). The Labute approximate surface area is 118 Å². The van der Waals surface area contributed by atoms with Crippen LogP contribution in [0.15, 0.2) is 46.9 Å². The zero-order chi connectivity index (χ0) is 13.8. The van der Waals surface area contributed by atoms with Crippen molar-refractivity contribution in [2.24, 2.45) is 0 Å². The summed E-state index contributed by atoms with van der Waals surface area (Å²) in [7, 11) is 1.56. The van der Waals surface area contributed by atoms with Crippen molar-refractivity contribution < 1.29 is 13.9 Å². The van der Waals surface area contributed by atoms with Gasteiger partial charge in [-0.2, -0.15) is 0 Å². The molecule has 0 unspecified atom stereocenters. The number of nitrogens with one attached hydrogen (secondary N) is 1. The van der Waals surface area contributed by atoms with Gasteiger partial charge in [-0.15, -0.1) is 0 Å². The molecular weight excluding hydrogens is 313 g/mol. The number of ether oxygens (including phenoxy) is 1. The summed E-state index contributed by atoms with van der Waals surface area (Å²) in [5, 5.41) is 2.69. The van der Waals surface area contributed by atoms with Gasteiger partial charge in [0.25, 0.3) is 5.91 Å². The number of rotatable bonds is 3. The van der Waals surface area contributed by atoms with E-state index in [2.05, 4.69) is 21.2 Å². The van der Waals surface area contributed by atoms with E-state index in [1.807, 2.05) is 0 Å². The molecule has 19 heavy (non-hydrogen) atoms. The first-order chi connectivity index (χ1) is 9.10. The summed E-state index contributed by atoms with van der Waals surface area (Å²) in [6.07, 6.45) is 0. The first-order valence-electron chi connectivity index (χ1n) is 5.50. The average molecular weight is 324 g/mol. The van der Waals surface area contributed by atoms with Crippen LogP contribution in [0.4, 0.5) is 10.1 Å². The summed E-state index contributed by atoms with van der Waals surface area (Å²) in [4.78, 5) is 11.9. The Balaban J connectivity index is 2.17. The Bertz CT molecular complexity index is 616. The summed E-state index contributed by atoms with van der Waals surface area (Å²) >= 11 is 3.33. The third kappa shape index (κ3) is 3.32. The van der Waals surface area contributed by atoms with Crippen LogP contribution < -0.4 is 10.1 Å². The zero-order valence-electron chi connectivity index (χ0n) is 10.1. The van der Waals surface area contributed by atoms with Crippen molar-refractivity contribution in [2.45, 2.75) is 0 Å². The molecule has 2 rings (SSSR count). The molecule has 0 saturated carbocycles. The Morgan fingerprint density at radius 2 is 2.05 bits per heavy atom. The summed E-state index contributed by atoms with van der Waals surface area (Å²) in [6.45, 7) is 0. The topological polar surface area (TPSA) is 38.3 Å². The molecule has 2 aromatic rings. The lowest BCUT2D eigenvalue weighted by atomic mass is 10.2. The van der Waals surface area contributed by atoms with Crippen LogP contribution in [-0.4, -0.2) is 13.0 Å². The largest absolute Gasteiger partial charge is 0.496 e. The quantitative estimate of drug-likeness (QED) is 0.931. The minimum absolute atomic E-state index is 0.270. The fraction of sp³-hybridized carbons (Fsp3) is 0.0714. The smallest absolute Gasteiger partial charge is 0.255 e. The molecule has 0 aromatic heterocycles. The van der Waals surface area contributed by atoms with Crippen molar-refractivity contribution in [2.75, 3.05) is 12.4 Å². The number of anilines is 1. The van der Waals surface area contributed by atoms with E-state index < -0.39 is 5.82 Å². The van der Waals surface area contributed by atoms with E-state index in [0.29, 0.717) is 11.4 Å². The number of carbonyl (C=O) groups excluding carboxylic acids is 1. The van der Waals surface area contributed by atoms with Gasteiger partial charge in [-0.25, -0.2) is 4.39 Å². The highest BCUT2D eigenvalue weighted by molar-refractivity contribution is 9.10. The van der Waals surface area contributed by atoms with Crippen molar-refractivity contribution >= 4 is 27.5 Å². The Morgan fingerprint density at radius 3 is 2.68 bits per heavy atom. The van der Waals surface area contributed by atoms with E-state index in [9.17, 15) is 9.18 Å². The number of hydrogen-bond acceptors (Lipinski definition) is 2. The van der Waals surface area contributed by atoms with E-state index >= 15 is 0 Å². The van der Waals surface area contributed by atoms with Gasteiger partial charge < -0.3 is 10.1 Å². The number of carbonyl (C=O) groups is 1. The molecule has 0 radical (unpaired) electrons. The number of methoxy groups -OCH3 is 1. The lowest BCUT2D eigenvalue weighted by Crippen LogP contribution is -2.12. The Morgan fingerprint density at radius 1 is 1.26 bits per heavy atom. The summed E-state index contributed by atoms with van der Waals surface area (Å²) in [6, 6.07) is 10.7. The molecule has 5 heteroatoms. The van der Waals surface area contributed by atoms with Gasteiger partial charge in [0.2, 0.25) is 0 Å². The van der Waals surface area contributed by atoms with E-state index in [1.54, 1.807) is 31.4 Å². The molecule has 0 bridgehead atoms. The van der Waals surface area contributed by atoms with Gasteiger partial charge in [0.15, 0.2) is 0 Å². The molecule has 0 aliphatic carbocycles. The molecule has 2 aromatic carbocycles. The number of amides is 1. The van der Waals surface area contributed by atoms with Crippen LogP contribution in [0, 0.1) is 5.82 Å². The number of hydrogen-bond donors (Lipinski definition) is 1. The van der Waals surface area contributed by atoms with Crippen LogP contribution >= 0.6 is 15.9 Å². The molecule has 1 N–H and O–H groups in total. The van der Waals surface area contributed by atoms with Crippen LogP contribution in [0.1, 0.15) is 10.4 Å². The van der Waals surface area contributed by atoms with Crippen molar-refractivity contribution in [3.05, 3.63) is 58.3 Å². The predicted molar refractivity (Wildman–Crippen MR) is 75.0 cm³/mol. The molecule has 0 spiro atoms. The van der Waals surface area contributed by atoms with E-state index in [0.717, 1.165) is 4.47 Å². The molecule has 3 nitrogen and oxygen atoms in total. The van der Waals surface area contributed by atoms with Crippen molar-refractivity contribution in [1.82, 2.24) is 0 Å². The highest BCUT2D eigenvalue weighted by atomic mass is 79.9. The monoisotopic (exact) mass is 323 g/mol. The molecule has 0 atom stereocenters. The highest BCUT2D eigenvalue weighted by Crippen LogP contribution is 2.27. The molecule has 1 amide bonds. The second kappa shape index (κ2) is 5.84. The summed E-state index contributed by atoms with van der Waals surface area (Å²) in [5.74, 6) is -0.135. The maximum absolute atomic E-state index is 13.0. The van der Waals surface area contributed by atoms with Crippen LogP contribution in [0.5, 0.6) is 5.75 Å². The van der Waals surface area contributed by atoms with Gasteiger partial charge in [0.1, 0.15) is 11.6 Å². The maximum Gasteiger partial charge on any atom is 0.255 e. The minimum Gasteiger partial charge on any atom is -0.496 e. The molecule has 0 saturated heterocycles. The number of benzene rings is 2. The predicted octanol–water partition coefficient (Wildman–Crippen LogP) is 3.85. The minimum atomic E-state index is -0.441. The normalized spacial score (nSPS) is 10.1. The van der Waals surface area contributed by atoms with E-state index in [-0.39, 0.29) is 11.5 Å². The van der Waals surface area contributed by atoms with Crippen molar-refractivity contribution in [1.29, 1.82) is 0 Å². The van der Waals surface area contributed by atoms with Crippen LogP contribution in [-0.2, 0) is 0 Å². The molecule has 0 aliphatic rings. The lowest BCUT2D eigenvalue weighted by molar-refractivity contribution is 0.102. The van der Waals surface area contributed by atoms with Crippen molar-refractivity contribution in [3.63, 3.8) is 0 Å². The molecule has 0 fully saturated rings. The van der Waals surface area contributed by atoms with Crippen LogP contribution in [0.25, 0.3) is 0 Å². The first-order valence-corrected chi connectivity index (χ1v) is 6.30. The average Bonchev–Trinajstić information content (AvgIpc) is 2.39. The fourth-order valence-electron chi connectivity index (χ4n) is 1.58. The summed E-state index contributed by atoms with van der Waals surface area (Å²) < 4.78 is 18.8. The van der Waals surface area contributed by atoms with Crippen molar-refractivity contribution in [3.8, 4) is 5.75 Å². The highest BCUT2D eigenvalue weighted by Gasteiger charge is 2.08. The van der Waals surface area contributed by atoms with Gasteiger partial charge >= 0.3 is 0 Å². The fourth-order valence-corrected chi connectivity index (χ4v) is 2.12. The lowest BCUT2D eigenvalue weighted by Gasteiger charge is -2.08. The van der Waals surface area contributed by atoms with Gasteiger partial charge in [-0.1, -0.05) is 6.07 Å². The van der Waals surface area contributed by atoms with E-state index in [4.69, 9.17) is 4.74 Å². The van der Waals surface area contributed by atoms with E-state index in [1.165, 1.54) is 18.2 Å².